The highest BCUT2D eigenvalue weighted by Gasteiger charge is 2.22. The number of aromatic nitrogens is 4. The van der Waals surface area contributed by atoms with Crippen molar-refractivity contribution >= 4 is 5.91 Å². The van der Waals surface area contributed by atoms with Crippen LogP contribution in [0, 0.1) is 24.1 Å². The molecule has 0 aliphatic carbocycles. The van der Waals surface area contributed by atoms with E-state index in [0.29, 0.717) is 24.0 Å². The van der Waals surface area contributed by atoms with Crippen molar-refractivity contribution in [1.29, 1.82) is 5.26 Å². The average molecular weight is 493 g/mol. The standard InChI is InChI=1S/C28H21FN6O2/c1-17-32-26(35-37-17)21-10-8-20(9-11-21)25-16-31-27(33-25)24(14-18-5-3-2-4-6-18)34-28(36)22-12-7-19(15-30)13-23(22)29/h2-13,16,24H,14H2,1H3,(H,31,33)(H,34,36)/t24-/m0/s1. The van der Waals surface area contributed by atoms with Crippen LogP contribution >= 0.6 is 0 Å². The van der Waals surface area contributed by atoms with Crippen LogP contribution in [-0.2, 0) is 6.42 Å². The summed E-state index contributed by atoms with van der Waals surface area (Å²) in [6.45, 7) is 1.73. The minimum atomic E-state index is -0.757. The number of benzene rings is 3. The van der Waals surface area contributed by atoms with Gasteiger partial charge in [0.05, 0.1) is 35.1 Å². The summed E-state index contributed by atoms with van der Waals surface area (Å²) in [6.07, 6.45) is 2.13. The molecule has 1 amide bonds. The molecule has 8 nitrogen and oxygen atoms in total. The van der Waals surface area contributed by atoms with Crippen LogP contribution < -0.4 is 5.32 Å². The van der Waals surface area contributed by atoms with Crippen molar-refractivity contribution in [1.82, 2.24) is 25.4 Å². The number of rotatable bonds is 7. The number of nitrogens with one attached hydrogen (secondary N) is 2. The Balaban J connectivity index is 1.41. The van der Waals surface area contributed by atoms with E-state index >= 15 is 0 Å². The molecular formula is C28H21FN6O2. The third-order valence-corrected chi connectivity index (χ3v) is 5.84. The van der Waals surface area contributed by atoms with Gasteiger partial charge < -0.3 is 14.8 Å². The van der Waals surface area contributed by atoms with Crippen molar-refractivity contribution in [3.05, 3.63) is 113 Å². The molecule has 5 rings (SSSR count). The van der Waals surface area contributed by atoms with Crippen LogP contribution in [-0.4, -0.2) is 26.0 Å². The summed E-state index contributed by atoms with van der Waals surface area (Å²) in [6, 6.07) is 22.3. The van der Waals surface area contributed by atoms with Crippen molar-refractivity contribution in [2.24, 2.45) is 0 Å². The molecule has 0 fully saturated rings. The second-order valence-corrected chi connectivity index (χ2v) is 8.42. The van der Waals surface area contributed by atoms with Crippen molar-refractivity contribution in [2.45, 2.75) is 19.4 Å². The molecule has 0 saturated heterocycles. The summed E-state index contributed by atoms with van der Waals surface area (Å²) >= 11 is 0. The quantitative estimate of drug-likeness (QED) is 0.324. The van der Waals surface area contributed by atoms with Gasteiger partial charge in [-0.15, -0.1) is 0 Å². The lowest BCUT2D eigenvalue weighted by Crippen LogP contribution is -2.31. The van der Waals surface area contributed by atoms with Gasteiger partial charge in [-0.1, -0.05) is 59.8 Å². The van der Waals surface area contributed by atoms with Crippen molar-refractivity contribution in [3.8, 4) is 28.7 Å². The molecule has 2 heterocycles. The second kappa shape index (κ2) is 10.3. The van der Waals surface area contributed by atoms with Crippen molar-refractivity contribution < 1.29 is 13.7 Å². The molecule has 2 N–H and O–H groups in total. The molecule has 0 unspecified atom stereocenters. The Bertz CT molecular complexity index is 1590. The van der Waals surface area contributed by atoms with E-state index in [9.17, 15) is 9.18 Å². The Labute approximate surface area is 211 Å². The van der Waals surface area contributed by atoms with Gasteiger partial charge >= 0.3 is 0 Å². The largest absolute Gasteiger partial charge is 0.342 e. The van der Waals surface area contributed by atoms with Gasteiger partial charge in [-0.3, -0.25) is 4.79 Å². The topological polar surface area (TPSA) is 120 Å². The summed E-state index contributed by atoms with van der Waals surface area (Å²) in [5.41, 5.74) is 3.43. The first-order valence-electron chi connectivity index (χ1n) is 11.5. The van der Waals surface area contributed by atoms with Gasteiger partial charge in [0, 0.05) is 12.5 Å². The van der Waals surface area contributed by atoms with Crippen LogP contribution in [0.4, 0.5) is 4.39 Å². The minimum Gasteiger partial charge on any atom is -0.342 e. The van der Waals surface area contributed by atoms with E-state index in [1.807, 2.05) is 60.7 Å². The van der Waals surface area contributed by atoms with E-state index in [1.54, 1.807) is 13.1 Å². The molecule has 37 heavy (non-hydrogen) atoms. The van der Waals surface area contributed by atoms with Gasteiger partial charge in [0.25, 0.3) is 5.91 Å². The molecule has 0 aliphatic rings. The highest BCUT2D eigenvalue weighted by atomic mass is 19.1. The lowest BCUT2D eigenvalue weighted by molar-refractivity contribution is 0.0930. The molecule has 0 bridgehead atoms. The first-order valence-corrected chi connectivity index (χ1v) is 11.5. The smallest absolute Gasteiger partial charge is 0.254 e. The van der Waals surface area contributed by atoms with E-state index < -0.39 is 17.8 Å². The lowest BCUT2D eigenvalue weighted by Gasteiger charge is -2.17. The SMILES string of the molecule is Cc1nc(-c2ccc(-c3cnc([C@H](Cc4ccccc4)NC(=O)c4ccc(C#N)cc4F)[nH]3)cc2)no1. The number of nitriles is 1. The highest BCUT2D eigenvalue weighted by Crippen LogP contribution is 2.25. The van der Waals surface area contributed by atoms with Crippen LogP contribution in [0.1, 0.15) is 39.2 Å². The number of H-pyrrole nitrogens is 1. The van der Waals surface area contributed by atoms with Crippen molar-refractivity contribution in [2.75, 3.05) is 0 Å². The summed E-state index contributed by atoms with van der Waals surface area (Å²) < 4.78 is 19.5. The third-order valence-electron chi connectivity index (χ3n) is 5.84. The summed E-state index contributed by atoms with van der Waals surface area (Å²) in [5, 5.41) is 15.8. The zero-order valence-corrected chi connectivity index (χ0v) is 19.8. The van der Waals surface area contributed by atoms with Crippen molar-refractivity contribution in [3.63, 3.8) is 0 Å². The molecule has 182 valence electrons. The van der Waals surface area contributed by atoms with Gasteiger partial charge in [-0.25, -0.2) is 9.37 Å². The number of hydrogen-bond donors (Lipinski definition) is 2. The normalized spacial score (nSPS) is 11.6. The minimum absolute atomic E-state index is 0.142. The predicted molar refractivity (Wildman–Crippen MR) is 134 cm³/mol. The molecule has 5 aromatic rings. The number of carbonyl (C=O) groups is 1. The van der Waals surface area contributed by atoms with E-state index in [0.717, 1.165) is 28.5 Å². The number of imidazole rings is 1. The van der Waals surface area contributed by atoms with Crippen LogP contribution in [0.3, 0.4) is 0 Å². The van der Waals surface area contributed by atoms with E-state index in [4.69, 9.17) is 9.78 Å². The highest BCUT2D eigenvalue weighted by molar-refractivity contribution is 5.94. The monoisotopic (exact) mass is 492 g/mol. The van der Waals surface area contributed by atoms with E-state index in [2.05, 4.69) is 25.4 Å². The van der Waals surface area contributed by atoms with Crippen LogP contribution in [0.15, 0.2) is 83.5 Å². The van der Waals surface area contributed by atoms with Gasteiger partial charge in [-0.2, -0.15) is 10.2 Å². The zero-order chi connectivity index (χ0) is 25.8. The number of aryl methyl sites for hydroxylation is 1. The Hall–Kier alpha value is -5.10. The maximum absolute atomic E-state index is 14.5. The number of amides is 1. The maximum Gasteiger partial charge on any atom is 0.254 e. The fraction of sp³-hybridized carbons (Fsp3) is 0.107. The molecular weight excluding hydrogens is 471 g/mol. The Morgan fingerprint density at radius 2 is 1.86 bits per heavy atom. The molecule has 0 radical (unpaired) electrons. The van der Waals surface area contributed by atoms with Crippen LogP contribution in [0.2, 0.25) is 0 Å². The van der Waals surface area contributed by atoms with Crippen LogP contribution in [0.25, 0.3) is 22.6 Å². The maximum atomic E-state index is 14.5. The Kier molecular flexibility index (Phi) is 6.55. The van der Waals surface area contributed by atoms with E-state index in [1.165, 1.54) is 12.1 Å². The average Bonchev–Trinajstić information content (AvgIpc) is 3.58. The summed E-state index contributed by atoms with van der Waals surface area (Å²) in [5.74, 6) is 0.173. The lowest BCUT2D eigenvalue weighted by atomic mass is 10.0. The number of carbonyl (C=O) groups excluding carboxylic acids is 1. The summed E-state index contributed by atoms with van der Waals surface area (Å²) in [4.78, 5) is 25.0. The number of hydrogen-bond acceptors (Lipinski definition) is 6. The molecule has 0 saturated carbocycles. The molecule has 0 aliphatic heterocycles. The zero-order valence-electron chi connectivity index (χ0n) is 19.8. The molecule has 2 aromatic heterocycles. The van der Waals surface area contributed by atoms with Gasteiger partial charge in [-0.05, 0) is 35.7 Å². The fourth-order valence-corrected chi connectivity index (χ4v) is 3.95. The fourth-order valence-electron chi connectivity index (χ4n) is 3.95. The first kappa shape index (κ1) is 23.6. The Morgan fingerprint density at radius 3 is 2.54 bits per heavy atom. The molecule has 0 spiro atoms. The van der Waals surface area contributed by atoms with Gasteiger partial charge in [0.2, 0.25) is 11.7 Å². The predicted octanol–water partition coefficient (Wildman–Crippen LogP) is 5.16. The van der Waals surface area contributed by atoms with Gasteiger partial charge in [0.15, 0.2) is 0 Å². The van der Waals surface area contributed by atoms with Crippen LogP contribution in [0.5, 0.6) is 0 Å². The molecule has 1 atom stereocenters. The summed E-state index contributed by atoms with van der Waals surface area (Å²) in [7, 11) is 0. The molecule has 9 heteroatoms. The van der Waals surface area contributed by atoms with E-state index in [-0.39, 0.29) is 11.1 Å². The Morgan fingerprint density at radius 1 is 1.11 bits per heavy atom. The van der Waals surface area contributed by atoms with Gasteiger partial charge in [0.1, 0.15) is 11.6 Å². The number of aromatic amines is 1. The number of nitrogens with zero attached hydrogens (tertiary/aromatic N) is 4. The first-order chi connectivity index (χ1) is 18.0. The number of halogens is 1. The third kappa shape index (κ3) is 5.28. The second-order valence-electron chi connectivity index (χ2n) is 8.42. The molecule has 3 aromatic carbocycles.